The molecule has 1 N–H and O–H groups in total. The van der Waals surface area contributed by atoms with Crippen molar-refractivity contribution < 1.29 is 9.53 Å². The molecule has 0 radical (unpaired) electrons. The van der Waals surface area contributed by atoms with Crippen molar-refractivity contribution >= 4 is 5.91 Å². The Bertz CT molecular complexity index is 491. The van der Waals surface area contributed by atoms with Crippen LogP contribution >= 0.6 is 0 Å². The molecule has 0 aliphatic carbocycles. The molecule has 1 aliphatic rings. The van der Waals surface area contributed by atoms with Gasteiger partial charge in [0.2, 0.25) is 0 Å². The summed E-state index contributed by atoms with van der Waals surface area (Å²) in [4.78, 5) is 14.6. The van der Waals surface area contributed by atoms with Crippen molar-refractivity contribution in [2.24, 2.45) is 0 Å². The first-order chi connectivity index (χ1) is 9.49. The van der Waals surface area contributed by atoms with E-state index in [-0.39, 0.29) is 12.0 Å². The van der Waals surface area contributed by atoms with Crippen molar-refractivity contribution in [2.75, 3.05) is 26.2 Å². The molecule has 0 atom stereocenters. The molecular weight excluding hydrogens is 252 g/mol. The minimum absolute atomic E-state index is 0.0611. The standard InChI is InChI=1S/C16H24N2O2/c1-11(2)20-15-13(4)9-12(3)10-14(15)16(19)18-7-5-17-6-8-18/h9-11,17H,5-8H2,1-4H3. The largest absolute Gasteiger partial charge is 0.490 e. The first kappa shape index (κ1) is 14.9. The van der Waals surface area contributed by atoms with E-state index in [0.29, 0.717) is 5.56 Å². The third-order valence-electron chi connectivity index (χ3n) is 3.41. The Hall–Kier alpha value is -1.55. The summed E-state index contributed by atoms with van der Waals surface area (Å²) in [7, 11) is 0. The summed E-state index contributed by atoms with van der Waals surface area (Å²) < 4.78 is 5.88. The number of benzene rings is 1. The molecule has 1 heterocycles. The molecular formula is C16H24N2O2. The number of nitrogens with zero attached hydrogens (tertiary/aromatic N) is 1. The van der Waals surface area contributed by atoms with Crippen molar-refractivity contribution in [1.82, 2.24) is 10.2 Å². The van der Waals surface area contributed by atoms with Gasteiger partial charge < -0.3 is 15.0 Å². The molecule has 0 bridgehead atoms. The van der Waals surface area contributed by atoms with Gasteiger partial charge >= 0.3 is 0 Å². The monoisotopic (exact) mass is 276 g/mol. The normalized spacial score (nSPS) is 15.6. The van der Waals surface area contributed by atoms with Gasteiger partial charge in [-0.2, -0.15) is 0 Å². The lowest BCUT2D eigenvalue weighted by Crippen LogP contribution is -2.46. The molecule has 1 amide bonds. The minimum Gasteiger partial charge on any atom is -0.490 e. The van der Waals surface area contributed by atoms with Crippen molar-refractivity contribution in [3.63, 3.8) is 0 Å². The minimum atomic E-state index is 0.0611. The second kappa shape index (κ2) is 6.27. The van der Waals surface area contributed by atoms with Crippen LogP contribution in [0.15, 0.2) is 12.1 Å². The van der Waals surface area contributed by atoms with Crippen LogP contribution in [-0.2, 0) is 0 Å². The highest BCUT2D eigenvalue weighted by atomic mass is 16.5. The summed E-state index contributed by atoms with van der Waals surface area (Å²) >= 11 is 0. The van der Waals surface area contributed by atoms with Crippen LogP contribution in [0, 0.1) is 13.8 Å². The van der Waals surface area contributed by atoms with E-state index in [1.807, 2.05) is 38.7 Å². The highest BCUT2D eigenvalue weighted by Crippen LogP contribution is 2.28. The topological polar surface area (TPSA) is 41.6 Å². The molecule has 1 fully saturated rings. The summed E-state index contributed by atoms with van der Waals surface area (Å²) in [5.74, 6) is 0.808. The van der Waals surface area contributed by atoms with Gasteiger partial charge in [-0.25, -0.2) is 0 Å². The lowest BCUT2D eigenvalue weighted by Gasteiger charge is -2.28. The highest BCUT2D eigenvalue weighted by molar-refractivity contribution is 5.97. The van der Waals surface area contributed by atoms with Crippen molar-refractivity contribution in [3.05, 3.63) is 28.8 Å². The number of hydrogen-bond donors (Lipinski definition) is 1. The van der Waals surface area contributed by atoms with Gasteiger partial charge in [0.1, 0.15) is 5.75 Å². The summed E-state index contributed by atoms with van der Waals surface area (Å²) in [5, 5.41) is 3.27. The first-order valence-corrected chi connectivity index (χ1v) is 7.27. The highest BCUT2D eigenvalue weighted by Gasteiger charge is 2.23. The lowest BCUT2D eigenvalue weighted by atomic mass is 10.0. The van der Waals surface area contributed by atoms with Crippen molar-refractivity contribution in [3.8, 4) is 5.75 Å². The number of ether oxygens (including phenoxy) is 1. The second-order valence-corrected chi connectivity index (χ2v) is 5.67. The maximum atomic E-state index is 12.7. The average molecular weight is 276 g/mol. The number of carbonyl (C=O) groups excluding carboxylic acids is 1. The number of aryl methyl sites for hydroxylation is 2. The zero-order chi connectivity index (χ0) is 14.7. The third-order valence-corrected chi connectivity index (χ3v) is 3.41. The molecule has 2 rings (SSSR count). The number of hydrogen-bond acceptors (Lipinski definition) is 3. The van der Waals surface area contributed by atoms with E-state index in [1.54, 1.807) is 0 Å². The zero-order valence-electron chi connectivity index (χ0n) is 12.8. The fourth-order valence-electron chi connectivity index (χ4n) is 2.54. The summed E-state index contributed by atoms with van der Waals surface area (Å²) in [6, 6.07) is 4.00. The van der Waals surface area contributed by atoms with E-state index in [2.05, 4.69) is 11.4 Å². The van der Waals surface area contributed by atoms with Crippen LogP contribution in [0.5, 0.6) is 5.75 Å². The molecule has 20 heavy (non-hydrogen) atoms. The quantitative estimate of drug-likeness (QED) is 0.919. The Morgan fingerprint density at radius 1 is 1.25 bits per heavy atom. The second-order valence-electron chi connectivity index (χ2n) is 5.67. The van der Waals surface area contributed by atoms with Gasteiger partial charge in [-0.05, 0) is 44.9 Å². The van der Waals surface area contributed by atoms with E-state index in [4.69, 9.17) is 4.74 Å². The van der Waals surface area contributed by atoms with E-state index >= 15 is 0 Å². The van der Waals surface area contributed by atoms with Crippen LogP contribution in [0.1, 0.15) is 35.3 Å². The van der Waals surface area contributed by atoms with Gasteiger partial charge in [-0.1, -0.05) is 6.07 Å². The Morgan fingerprint density at radius 2 is 1.90 bits per heavy atom. The Balaban J connectivity index is 2.35. The van der Waals surface area contributed by atoms with E-state index < -0.39 is 0 Å². The van der Waals surface area contributed by atoms with Gasteiger partial charge in [-0.3, -0.25) is 4.79 Å². The molecule has 1 saturated heterocycles. The Kier molecular flexibility index (Phi) is 4.65. The predicted molar refractivity (Wildman–Crippen MR) is 80.5 cm³/mol. The maximum absolute atomic E-state index is 12.7. The van der Waals surface area contributed by atoms with Gasteiger partial charge in [0.25, 0.3) is 5.91 Å². The van der Waals surface area contributed by atoms with Crippen LogP contribution in [0.4, 0.5) is 0 Å². The van der Waals surface area contributed by atoms with Gasteiger partial charge in [0.15, 0.2) is 0 Å². The molecule has 1 aliphatic heterocycles. The van der Waals surface area contributed by atoms with Crippen LogP contribution in [0.2, 0.25) is 0 Å². The van der Waals surface area contributed by atoms with Crippen molar-refractivity contribution in [1.29, 1.82) is 0 Å². The van der Waals surface area contributed by atoms with Gasteiger partial charge in [0, 0.05) is 26.2 Å². The Morgan fingerprint density at radius 3 is 2.50 bits per heavy atom. The molecule has 4 heteroatoms. The summed E-state index contributed by atoms with van der Waals surface area (Å²) in [6.07, 6.45) is 0.0611. The fourth-order valence-corrected chi connectivity index (χ4v) is 2.54. The van der Waals surface area contributed by atoms with Gasteiger partial charge in [0.05, 0.1) is 11.7 Å². The maximum Gasteiger partial charge on any atom is 0.257 e. The molecule has 0 aromatic heterocycles. The smallest absolute Gasteiger partial charge is 0.257 e. The Labute approximate surface area is 121 Å². The van der Waals surface area contributed by atoms with E-state index in [9.17, 15) is 4.79 Å². The number of rotatable bonds is 3. The molecule has 0 spiro atoms. The van der Waals surface area contributed by atoms with Crippen LogP contribution in [0.25, 0.3) is 0 Å². The molecule has 110 valence electrons. The first-order valence-electron chi connectivity index (χ1n) is 7.27. The number of nitrogens with one attached hydrogen (secondary N) is 1. The molecule has 0 unspecified atom stereocenters. The van der Waals surface area contributed by atoms with Crippen LogP contribution in [-0.4, -0.2) is 43.1 Å². The average Bonchev–Trinajstić information content (AvgIpc) is 2.41. The van der Waals surface area contributed by atoms with E-state index in [1.165, 1.54) is 0 Å². The molecule has 1 aromatic carbocycles. The van der Waals surface area contributed by atoms with Crippen molar-refractivity contribution in [2.45, 2.75) is 33.8 Å². The van der Waals surface area contributed by atoms with Crippen LogP contribution in [0.3, 0.4) is 0 Å². The number of carbonyl (C=O) groups is 1. The SMILES string of the molecule is Cc1cc(C)c(OC(C)C)c(C(=O)N2CCNCC2)c1. The van der Waals surface area contributed by atoms with Crippen LogP contribution < -0.4 is 10.1 Å². The molecule has 0 saturated carbocycles. The van der Waals surface area contributed by atoms with Gasteiger partial charge in [-0.15, -0.1) is 0 Å². The lowest BCUT2D eigenvalue weighted by molar-refractivity contribution is 0.0729. The van der Waals surface area contributed by atoms with E-state index in [0.717, 1.165) is 43.1 Å². The zero-order valence-corrected chi connectivity index (χ0v) is 12.8. The predicted octanol–water partition coefficient (Wildman–Crippen LogP) is 2.14. The molecule has 1 aromatic rings. The molecule has 4 nitrogen and oxygen atoms in total. The number of piperazine rings is 1. The number of amides is 1. The summed E-state index contributed by atoms with van der Waals surface area (Å²) in [6.45, 7) is 11.2. The third kappa shape index (κ3) is 3.31. The summed E-state index contributed by atoms with van der Waals surface area (Å²) in [5.41, 5.74) is 2.81. The fraction of sp³-hybridized carbons (Fsp3) is 0.562.